The molecule has 1 aromatic carbocycles. The minimum Gasteiger partial charge on any atom is -0.398 e. The molecule has 3 N–H and O–H groups in total. The Balaban J connectivity index is 2.71. The number of rotatable bonds is 6. The van der Waals surface area contributed by atoms with E-state index in [2.05, 4.69) is 4.72 Å². The van der Waals surface area contributed by atoms with E-state index in [1.165, 1.54) is 18.2 Å². The first-order valence-electron chi connectivity index (χ1n) is 5.61. The molecular weight excluding hydrogens is 308 g/mol. The molecule has 8 heteroatoms. The highest BCUT2D eigenvalue weighted by Gasteiger charge is 2.15. The van der Waals surface area contributed by atoms with E-state index in [0.717, 1.165) is 0 Å². The Hall–Kier alpha value is -0.630. The number of halogens is 1. The fraction of sp³-hybridized carbons (Fsp3) is 0.455. The average molecular weight is 325 g/mol. The molecule has 0 aliphatic rings. The van der Waals surface area contributed by atoms with Crippen LogP contribution in [0.4, 0.5) is 5.69 Å². The number of nitrogens with one attached hydrogen (secondary N) is 1. The lowest BCUT2D eigenvalue weighted by Gasteiger charge is -2.10. The molecule has 108 valence electrons. The summed E-state index contributed by atoms with van der Waals surface area (Å²) in [5, 5.41) is 0.142. The number of nitrogens with two attached hydrogens (primary N) is 1. The SMILES string of the molecule is CC(CCNS(=O)(=O)c1ccc(N)c(Cl)c1)S(C)=O. The van der Waals surface area contributed by atoms with Gasteiger partial charge in [-0.2, -0.15) is 0 Å². The van der Waals surface area contributed by atoms with E-state index in [1.807, 2.05) is 6.92 Å². The molecule has 0 aromatic heterocycles. The number of hydrogen-bond acceptors (Lipinski definition) is 4. The number of sulfonamides is 1. The summed E-state index contributed by atoms with van der Waals surface area (Å²) in [6, 6.07) is 4.15. The maximum Gasteiger partial charge on any atom is 0.240 e. The minimum absolute atomic E-state index is 0.0577. The summed E-state index contributed by atoms with van der Waals surface area (Å²) in [6.07, 6.45) is 2.10. The van der Waals surface area contributed by atoms with Gasteiger partial charge in [-0.3, -0.25) is 4.21 Å². The van der Waals surface area contributed by atoms with Gasteiger partial charge in [-0.1, -0.05) is 18.5 Å². The van der Waals surface area contributed by atoms with Crippen LogP contribution in [0.1, 0.15) is 13.3 Å². The van der Waals surface area contributed by atoms with Crippen LogP contribution in [0.15, 0.2) is 23.1 Å². The predicted molar refractivity (Wildman–Crippen MR) is 79.2 cm³/mol. The number of anilines is 1. The third-order valence-electron chi connectivity index (χ3n) is 2.69. The van der Waals surface area contributed by atoms with Crippen LogP contribution >= 0.6 is 11.6 Å². The molecule has 0 spiro atoms. The highest BCUT2D eigenvalue weighted by atomic mass is 35.5. The highest BCUT2D eigenvalue weighted by Crippen LogP contribution is 2.22. The van der Waals surface area contributed by atoms with Gasteiger partial charge >= 0.3 is 0 Å². The van der Waals surface area contributed by atoms with Crippen LogP contribution in [0.2, 0.25) is 5.02 Å². The Morgan fingerprint density at radius 3 is 2.63 bits per heavy atom. The van der Waals surface area contributed by atoms with Crippen molar-refractivity contribution in [1.29, 1.82) is 0 Å². The van der Waals surface area contributed by atoms with Gasteiger partial charge in [-0.05, 0) is 24.6 Å². The van der Waals surface area contributed by atoms with E-state index in [4.69, 9.17) is 17.3 Å². The van der Waals surface area contributed by atoms with E-state index < -0.39 is 20.8 Å². The Labute approximate surface area is 121 Å². The zero-order chi connectivity index (χ0) is 14.6. The fourth-order valence-corrected chi connectivity index (χ4v) is 3.09. The molecule has 0 amide bonds. The molecule has 0 aliphatic carbocycles. The Kier molecular flexibility index (Phi) is 5.79. The smallest absolute Gasteiger partial charge is 0.240 e. The molecule has 0 saturated carbocycles. The van der Waals surface area contributed by atoms with Gasteiger partial charge in [-0.25, -0.2) is 13.1 Å². The quantitative estimate of drug-likeness (QED) is 0.773. The molecule has 19 heavy (non-hydrogen) atoms. The molecule has 1 rings (SSSR count). The van der Waals surface area contributed by atoms with E-state index in [0.29, 0.717) is 12.1 Å². The van der Waals surface area contributed by atoms with Gasteiger partial charge in [0.25, 0.3) is 0 Å². The molecule has 0 fully saturated rings. The first-order valence-corrected chi connectivity index (χ1v) is 9.09. The summed E-state index contributed by atoms with van der Waals surface area (Å²) in [6.45, 7) is 2.04. The van der Waals surface area contributed by atoms with Gasteiger partial charge in [0.2, 0.25) is 10.0 Å². The Bertz CT molecular complexity index is 575. The minimum atomic E-state index is -3.61. The van der Waals surface area contributed by atoms with Crippen LogP contribution < -0.4 is 10.5 Å². The van der Waals surface area contributed by atoms with Gasteiger partial charge in [-0.15, -0.1) is 0 Å². The Morgan fingerprint density at radius 2 is 2.11 bits per heavy atom. The van der Waals surface area contributed by atoms with E-state index >= 15 is 0 Å². The molecule has 5 nitrogen and oxygen atoms in total. The Morgan fingerprint density at radius 1 is 1.47 bits per heavy atom. The van der Waals surface area contributed by atoms with Gasteiger partial charge in [0.1, 0.15) is 0 Å². The third kappa shape index (κ3) is 4.76. The normalized spacial score (nSPS) is 15.1. The van der Waals surface area contributed by atoms with Gasteiger partial charge in [0, 0.05) is 28.9 Å². The second-order valence-electron chi connectivity index (χ2n) is 4.18. The van der Waals surface area contributed by atoms with Crippen molar-refractivity contribution < 1.29 is 12.6 Å². The maximum atomic E-state index is 12.0. The molecule has 2 unspecified atom stereocenters. The van der Waals surface area contributed by atoms with Crippen molar-refractivity contribution in [2.45, 2.75) is 23.5 Å². The molecule has 0 heterocycles. The molecule has 0 bridgehead atoms. The van der Waals surface area contributed by atoms with Crippen molar-refractivity contribution in [3.63, 3.8) is 0 Å². The van der Waals surface area contributed by atoms with E-state index in [1.54, 1.807) is 6.26 Å². The second-order valence-corrected chi connectivity index (χ2v) is 8.16. The van der Waals surface area contributed by atoms with Crippen LogP contribution in [0.5, 0.6) is 0 Å². The van der Waals surface area contributed by atoms with Crippen molar-refractivity contribution >= 4 is 38.1 Å². The van der Waals surface area contributed by atoms with Crippen LogP contribution in [0, 0.1) is 0 Å². The summed E-state index contributed by atoms with van der Waals surface area (Å²) >= 11 is 5.79. The monoisotopic (exact) mass is 324 g/mol. The van der Waals surface area contributed by atoms with Crippen molar-refractivity contribution in [2.24, 2.45) is 0 Å². The van der Waals surface area contributed by atoms with Gasteiger partial charge in [0.05, 0.1) is 15.6 Å². The van der Waals surface area contributed by atoms with E-state index in [9.17, 15) is 12.6 Å². The zero-order valence-electron chi connectivity index (χ0n) is 10.7. The van der Waals surface area contributed by atoms with Crippen LogP contribution in [-0.2, 0) is 20.8 Å². The zero-order valence-corrected chi connectivity index (χ0v) is 13.1. The third-order valence-corrected chi connectivity index (χ3v) is 5.85. The lowest BCUT2D eigenvalue weighted by molar-refractivity contribution is 0.578. The van der Waals surface area contributed by atoms with Gasteiger partial charge in [0.15, 0.2) is 0 Å². The lowest BCUT2D eigenvalue weighted by atomic mass is 10.3. The molecule has 0 saturated heterocycles. The summed E-state index contributed by atoms with van der Waals surface area (Å²) in [5.74, 6) is 0. The first kappa shape index (κ1) is 16.4. The predicted octanol–water partition coefficient (Wildman–Crippen LogP) is 1.36. The number of hydrogen-bond donors (Lipinski definition) is 2. The maximum absolute atomic E-state index is 12.0. The number of benzene rings is 1. The van der Waals surface area contributed by atoms with Gasteiger partial charge < -0.3 is 5.73 Å². The van der Waals surface area contributed by atoms with Crippen LogP contribution in [0.25, 0.3) is 0 Å². The van der Waals surface area contributed by atoms with E-state index in [-0.39, 0.29) is 21.7 Å². The molecule has 0 radical (unpaired) electrons. The van der Waals surface area contributed by atoms with Crippen LogP contribution in [0.3, 0.4) is 0 Å². The number of nitrogen functional groups attached to an aromatic ring is 1. The van der Waals surface area contributed by atoms with Crippen molar-refractivity contribution in [3.05, 3.63) is 23.2 Å². The summed E-state index contributed by atoms with van der Waals surface area (Å²) in [4.78, 5) is 0.0666. The molecule has 1 aromatic rings. The van der Waals surface area contributed by atoms with Crippen LogP contribution in [-0.4, -0.2) is 30.7 Å². The summed E-state index contributed by atoms with van der Waals surface area (Å²) in [5.41, 5.74) is 5.85. The molecule has 2 atom stereocenters. The largest absolute Gasteiger partial charge is 0.398 e. The summed E-state index contributed by atoms with van der Waals surface area (Å²) in [7, 11) is -4.57. The van der Waals surface area contributed by atoms with Crippen molar-refractivity contribution in [1.82, 2.24) is 4.72 Å². The summed E-state index contributed by atoms with van der Waals surface area (Å²) < 4.78 is 37.5. The first-order chi connectivity index (χ1) is 8.74. The lowest BCUT2D eigenvalue weighted by Crippen LogP contribution is -2.27. The molecular formula is C11H17ClN2O3S2. The standard InChI is InChI=1S/C11H17ClN2O3S2/c1-8(18(2)15)5-6-14-19(16,17)9-3-4-11(13)10(12)7-9/h3-4,7-8,14H,5-6,13H2,1-2H3. The average Bonchev–Trinajstić information content (AvgIpc) is 2.32. The molecule has 0 aliphatic heterocycles. The highest BCUT2D eigenvalue weighted by molar-refractivity contribution is 7.89. The van der Waals surface area contributed by atoms with Crippen molar-refractivity contribution in [2.75, 3.05) is 18.5 Å². The fourth-order valence-electron chi connectivity index (χ4n) is 1.32. The topological polar surface area (TPSA) is 89.3 Å². The second kappa shape index (κ2) is 6.69. The van der Waals surface area contributed by atoms with Crippen molar-refractivity contribution in [3.8, 4) is 0 Å².